The quantitative estimate of drug-likeness (QED) is 0.245. The number of benzene rings is 2. The number of piperidine rings is 1. The monoisotopic (exact) mass is 656 g/mol. The van der Waals surface area contributed by atoms with E-state index in [9.17, 15) is 14.4 Å². The molecule has 2 amide bonds. The van der Waals surface area contributed by atoms with Crippen LogP contribution in [0.4, 0.5) is 0 Å². The molecule has 2 aromatic carbocycles. The standard InChI is InChI=1S/C31H40Cl4N4O3/c1-22(40)20-38(15-11-23-6-8-25(32)17-28(23)34)31(42)21-39(16-12-24-7-9-26(33)18-29(24)35)30(41)19-36-13-10-27-5-3-4-14-37(27)2/h6-9,17-18,27,36H,3-5,10-16,19-21H2,1-2H3. The van der Waals surface area contributed by atoms with Crippen LogP contribution >= 0.6 is 46.4 Å². The first-order valence-electron chi connectivity index (χ1n) is 14.4. The van der Waals surface area contributed by atoms with Gasteiger partial charge in [0.05, 0.1) is 19.6 Å². The molecule has 0 saturated carbocycles. The molecule has 0 bridgehead atoms. The van der Waals surface area contributed by atoms with Gasteiger partial charge < -0.3 is 20.0 Å². The Kier molecular flexibility index (Phi) is 14.4. The average Bonchev–Trinajstić information content (AvgIpc) is 2.93. The lowest BCUT2D eigenvalue weighted by atomic mass is 10.0. The molecule has 1 aliphatic heterocycles. The molecule has 1 atom stereocenters. The third-order valence-corrected chi connectivity index (χ3v) is 8.80. The fourth-order valence-electron chi connectivity index (χ4n) is 5.16. The molecule has 1 N–H and O–H groups in total. The number of nitrogens with zero attached hydrogens (tertiary/aromatic N) is 3. The Morgan fingerprint density at radius 2 is 1.43 bits per heavy atom. The third kappa shape index (κ3) is 11.3. The number of hydrogen-bond acceptors (Lipinski definition) is 5. The minimum atomic E-state index is -0.310. The summed E-state index contributed by atoms with van der Waals surface area (Å²) in [5, 5.41) is 5.34. The van der Waals surface area contributed by atoms with Gasteiger partial charge in [0, 0.05) is 39.2 Å². The topological polar surface area (TPSA) is 73.0 Å². The van der Waals surface area contributed by atoms with Gasteiger partial charge in [-0.2, -0.15) is 0 Å². The molecular formula is C31H40Cl4N4O3. The summed E-state index contributed by atoms with van der Waals surface area (Å²) in [5.41, 5.74) is 1.65. The highest BCUT2D eigenvalue weighted by molar-refractivity contribution is 6.35. The maximum Gasteiger partial charge on any atom is 0.242 e. The van der Waals surface area contributed by atoms with Gasteiger partial charge >= 0.3 is 0 Å². The molecular weight excluding hydrogens is 618 g/mol. The van der Waals surface area contributed by atoms with Crippen LogP contribution in [-0.2, 0) is 27.2 Å². The predicted octanol–water partition coefficient (Wildman–Crippen LogP) is 5.80. The van der Waals surface area contributed by atoms with Crippen LogP contribution in [0.3, 0.4) is 0 Å². The molecule has 1 aliphatic rings. The summed E-state index contributed by atoms with van der Waals surface area (Å²) in [7, 11) is 2.15. The minimum Gasteiger partial charge on any atom is -0.334 e. The van der Waals surface area contributed by atoms with Gasteiger partial charge in [-0.1, -0.05) is 65.0 Å². The Hall–Kier alpha value is -1.87. The van der Waals surface area contributed by atoms with E-state index in [4.69, 9.17) is 46.4 Å². The van der Waals surface area contributed by atoms with Gasteiger partial charge in [0.15, 0.2) is 0 Å². The maximum atomic E-state index is 13.5. The van der Waals surface area contributed by atoms with Crippen molar-refractivity contribution >= 4 is 64.0 Å². The lowest BCUT2D eigenvalue weighted by molar-refractivity contribution is -0.141. The fourth-order valence-corrected chi connectivity index (χ4v) is 6.17. The van der Waals surface area contributed by atoms with E-state index in [2.05, 4.69) is 17.3 Å². The number of likely N-dealkylation sites (tertiary alicyclic amines) is 1. The molecule has 42 heavy (non-hydrogen) atoms. The number of hydrogen-bond donors (Lipinski definition) is 1. The zero-order valence-electron chi connectivity index (χ0n) is 24.3. The molecule has 1 unspecified atom stereocenters. The number of Topliss-reactive ketones (excluding diaryl/α,β-unsaturated/α-hetero) is 1. The third-order valence-electron chi connectivity index (χ3n) is 7.63. The zero-order chi connectivity index (χ0) is 30.6. The van der Waals surface area contributed by atoms with Crippen LogP contribution in [0, 0.1) is 0 Å². The van der Waals surface area contributed by atoms with Gasteiger partial charge in [-0.3, -0.25) is 14.4 Å². The summed E-state index contributed by atoms with van der Waals surface area (Å²) in [4.78, 5) is 44.3. The molecule has 2 aromatic rings. The molecule has 1 heterocycles. The summed E-state index contributed by atoms with van der Waals surface area (Å²) < 4.78 is 0. The Bertz CT molecular complexity index is 1230. The van der Waals surface area contributed by atoms with E-state index in [-0.39, 0.29) is 50.3 Å². The summed E-state index contributed by atoms with van der Waals surface area (Å²) in [6.45, 7) is 3.73. The summed E-state index contributed by atoms with van der Waals surface area (Å²) in [6, 6.07) is 10.9. The number of nitrogens with one attached hydrogen (secondary N) is 1. The Labute approximate surface area is 269 Å². The molecule has 0 aliphatic carbocycles. The smallest absolute Gasteiger partial charge is 0.242 e. The van der Waals surface area contributed by atoms with E-state index >= 15 is 0 Å². The second kappa shape index (κ2) is 17.4. The first kappa shape index (κ1) is 34.6. The summed E-state index contributed by atoms with van der Waals surface area (Å²) in [6.07, 6.45) is 5.49. The van der Waals surface area contributed by atoms with Gasteiger partial charge in [0.2, 0.25) is 11.8 Å². The molecule has 7 nitrogen and oxygen atoms in total. The van der Waals surface area contributed by atoms with Crippen molar-refractivity contribution in [2.75, 3.05) is 52.9 Å². The average molecular weight is 658 g/mol. The van der Waals surface area contributed by atoms with Gasteiger partial charge in [-0.25, -0.2) is 0 Å². The Morgan fingerprint density at radius 1 is 0.857 bits per heavy atom. The van der Waals surface area contributed by atoms with E-state index in [1.54, 1.807) is 24.3 Å². The molecule has 11 heteroatoms. The van der Waals surface area contributed by atoms with Crippen LogP contribution < -0.4 is 5.32 Å². The maximum absolute atomic E-state index is 13.5. The fraction of sp³-hybridized carbons (Fsp3) is 0.516. The van der Waals surface area contributed by atoms with Crippen LogP contribution in [0.25, 0.3) is 0 Å². The SMILES string of the molecule is CC(=O)CN(CCc1ccc(Cl)cc1Cl)C(=O)CN(CCc1ccc(Cl)cc1Cl)C(=O)CNCCC1CCCCN1C. The lowest BCUT2D eigenvalue weighted by Crippen LogP contribution is -2.48. The normalized spacial score (nSPS) is 15.4. The van der Waals surface area contributed by atoms with E-state index in [1.165, 1.54) is 36.0 Å². The Morgan fingerprint density at radius 3 is 1.95 bits per heavy atom. The van der Waals surface area contributed by atoms with Crippen LogP contribution in [0.15, 0.2) is 36.4 Å². The number of halogens is 4. The largest absolute Gasteiger partial charge is 0.334 e. The van der Waals surface area contributed by atoms with Gasteiger partial charge in [0.25, 0.3) is 0 Å². The lowest BCUT2D eigenvalue weighted by Gasteiger charge is -2.32. The van der Waals surface area contributed by atoms with Crippen LogP contribution in [0.5, 0.6) is 0 Å². The first-order chi connectivity index (χ1) is 20.0. The number of ketones is 1. The van der Waals surface area contributed by atoms with Gasteiger partial charge in [-0.15, -0.1) is 0 Å². The van der Waals surface area contributed by atoms with Crippen molar-refractivity contribution in [1.82, 2.24) is 20.0 Å². The number of amides is 2. The van der Waals surface area contributed by atoms with E-state index < -0.39 is 0 Å². The van der Waals surface area contributed by atoms with Crippen molar-refractivity contribution in [3.8, 4) is 0 Å². The first-order valence-corrected chi connectivity index (χ1v) is 15.9. The van der Waals surface area contributed by atoms with Crippen molar-refractivity contribution in [2.45, 2.75) is 51.5 Å². The van der Waals surface area contributed by atoms with E-state index in [0.717, 1.165) is 24.1 Å². The van der Waals surface area contributed by atoms with Crippen molar-refractivity contribution in [3.63, 3.8) is 0 Å². The highest BCUT2D eigenvalue weighted by atomic mass is 35.5. The van der Waals surface area contributed by atoms with Crippen molar-refractivity contribution in [2.24, 2.45) is 0 Å². The van der Waals surface area contributed by atoms with E-state index in [1.807, 2.05) is 12.1 Å². The van der Waals surface area contributed by atoms with Crippen LogP contribution in [-0.4, -0.2) is 91.2 Å². The molecule has 0 spiro atoms. The Balaban J connectivity index is 1.66. The highest BCUT2D eigenvalue weighted by Gasteiger charge is 2.23. The highest BCUT2D eigenvalue weighted by Crippen LogP contribution is 2.23. The number of rotatable bonds is 15. The molecule has 1 saturated heterocycles. The minimum absolute atomic E-state index is 0.0533. The molecule has 0 aromatic heterocycles. The van der Waals surface area contributed by atoms with Crippen LogP contribution in [0.1, 0.15) is 43.7 Å². The second-order valence-electron chi connectivity index (χ2n) is 10.9. The zero-order valence-corrected chi connectivity index (χ0v) is 27.3. The van der Waals surface area contributed by atoms with Gasteiger partial charge in [-0.05, 0) is 94.6 Å². The molecule has 0 radical (unpaired) electrons. The predicted molar refractivity (Wildman–Crippen MR) is 172 cm³/mol. The summed E-state index contributed by atoms with van der Waals surface area (Å²) >= 11 is 24.8. The van der Waals surface area contributed by atoms with Crippen molar-refractivity contribution in [1.29, 1.82) is 0 Å². The molecule has 3 rings (SSSR count). The summed E-state index contributed by atoms with van der Waals surface area (Å²) in [5.74, 6) is -0.644. The van der Waals surface area contributed by atoms with Crippen molar-refractivity contribution in [3.05, 3.63) is 67.6 Å². The van der Waals surface area contributed by atoms with E-state index in [0.29, 0.717) is 45.5 Å². The van der Waals surface area contributed by atoms with Gasteiger partial charge in [0.1, 0.15) is 5.78 Å². The second-order valence-corrected chi connectivity index (χ2v) is 12.6. The van der Waals surface area contributed by atoms with Crippen molar-refractivity contribution < 1.29 is 14.4 Å². The molecule has 1 fully saturated rings. The molecule has 230 valence electrons. The number of carbonyl (C=O) groups excluding carboxylic acids is 3. The van der Waals surface area contributed by atoms with Crippen LogP contribution in [0.2, 0.25) is 20.1 Å². The number of carbonyl (C=O) groups is 3.